The van der Waals surface area contributed by atoms with Gasteiger partial charge in [0, 0.05) is 22.3 Å². The van der Waals surface area contributed by atoms with Crippen molar-refractivity contribution in [3.05, 3.63) is 33.8 Å². The number of ketones is 1. The van der Waals surface area contributed by atoms with Gasteiger partial charge in [0.1, 0.15) is 0 Å². The molecule has 0 amide bonds. The number of aryl methyl sites for hydroxylation is 1. The van der Waals surface area contributed by atoms with Gasteiger partial charge in [0.15, 0.2) is 5.78 Å². The van der Waals surface area contributed by atoms with Crippen LogP contribution in [0.5, 0.6) is 0 Å². The number of hydrogen-bond donors (Lipinski definition) is 0. The van der Waals surface area contributed by atoms with Crippen molar-refractivity contribution >= 4 is 33.3 Å². The van der Waals surface area contributed by atoms with Gasteiger partial charge in [-0.25, -0.2) is 0 Å². The molecular formula is C11H12BrClO. The number of Topliss-reactive ketones (excluding diaryl/α,β-unsaturated/α-hetero) is 1. The Morgan fingerprint density at radius 1 is 1.50 bits per heavy atom. The van der Waals surface area contributed by atoms with Gasteiger partial charge in [0.05, 0.1) is 0 Å². The molecule has 0 saturated heterocycles. The fourth-order valence-electron chi connectivity index (χ4n) is 1.30. The Balaban J connectivity index is 2.80. The molecule has 0 unspecified atom stereocenters. The van der Waals surface area contributed by atoms with E-state index in [4.69, 9.17) is 11.6 Å². The topological polar surface area (TPSA) is 17.1 Å². The first-order valence-electron chi connectivity index (χ1n) is 4.50. The third kappa shape index (κ3) is 3.10. The molecule has 76 valence electrons. The second-order valence-electron chi connectivity index (χ2n) is 3.17. The minimum absolute atomic E-state index is 0.177. The van der Waals surface area contributed by atoms with Gasteiger partial charge in [0.25, 0.3) is 0 Å². The average Bonchev–Trinajstić information content (AvgIpc) is 2.14. The highest BCUT2D eigenvalue weighted by molar-refractivity contribution is 9.10. The van der Waals surface area contributed by atoms with E-state index in [9.17, 15) is 4.79 Å². The number of alkyl halides is 1. The first-order chi connectivity index (χ1) is 6.65. The second kappa shape index (κ2) is 5.52. The van der Waals surface area contributed by atoms with Crippen molar-refractivity contribution in [1.29, 1.82) is 0 Å². The lowest BCUT2D eigenvalue weighted by atomic mass is 10.0. The number of benzene rings is 1. The summed E-state index contributed by atoms with van der Waals surface area (Å²) >= 11 is 8.90. The van der Waals surface area contributed by atoms with Gasteiger partial charge in [0.2, 0.25) is 0 Å². The van der Waals surface area contributed by atoms with E-state index in [2.05, 4.69) is 15.9 Å². The number of rotatable bonds is 4. The highest BCUT2D eigenvalue weighted by Crippen LogP contribution is 2.17. The summed E-state index contributed by atoms with van der Waals surface area (Å²) < 4.78 is 1.00. The molecule has 0 aliphatic carbocycles. The van der Waals surface area contributed by atoms with Gasteiger partial charge in [-0.15, -0.1) is 11.6 Å². The van der Waals surface area contributed by atoms with E-state index in [0.29, 0.717) is 12.3 Å². The van der Waals surface area contributed by atoms with E-state index in [0.717, 1.165) is 22.0 Å². The molecule has 1 aromatic rings. The van der Waals surface area contributed by atoms with Crippen molar-refractivity contribution in [3.8, 4) is 0 Å². The Hall–Kier alpha value is -0.340. The van der Waals surface area contributed by atoms with Crippen LogP contribution in [-0.2, 0) is 0 Å². The van der Waals surface area contributed by atoms with Crippen LogP contribution in [0, 0.1) is 6.92 Å². The van der Waals surface area contributed by atoms with Crippen LogP contribution in [0.15, 0.2) is 22.7 Å². The van der Waals surface area contributed by atoms with Crippen molar-refractivity contribution in [1.82, 2.24) is 0 Å². The summed E-state index contributed by atoms with van der Waals surface area (Å²) in [6.07, 6.45) is 1.28. The number of halogens is 2. The molecule has 0 N–H and O–H groups in total. The SMILES string of the molecule is Cc1cc(Br)ccc1C(=O)CCCCl. The molecule has 0 radical (unpaired) electrons. The summed E-state index contributed by atoms with van der Waals surface area (Å²) in [5.74, 6) is 0.719. The third-order valence-electron chi connectivity index (χ3n) is 2.03. The maximum Gasteiger partial charge on any atom is 0.163 e. The van der Waals surface area contributed by atoms with Gasteiger partial charge in [-0.2, -0.15) is 0 Å². The molecule has 0 bridgehead atoms. The third-order valence-corrected chi connectivity index (χ3v) is 2.79. The van der Waals surface area contributed by atoms with Gasteiger partial charge in [-0.3, -0.25) is 4.79 Å². The molecule has 0 heterocycles. The average molecular weight is 276 g/mol. The molecule has 0 aromatic heterocycles. The van der Waals surface area contributed by atoms with Crippen LogP contribution in [0.25, 0.3) is 0 Å². The zero-order valence-electron chi connectivity index (χ0n) is 8.02. The van der Waals surface area contributed by atoms with Gasteiger partial charge < -0.3 is 0 Å². The van der Waals surface area contributed by atoms with E-state index in [1.807, 2.05) is 25.1 Å². The Labute approximate surface area is 97.6 Å². The van der Waals surface area contributed by atoms with Gasteiger partial charge in [-0.1, -0.05) is 22.0 Å². The molecule has 0 atom stereocenters. The lowest BCUT2D eigenvalue weighted by Crippen LogP contribution is -2.01. The fraction of sp³-hybridized carbons (Fsp3) is 0.364. The molecule has 0 aliphatic heterocycles. The van der Waals surface area contributed by atoms with E-state index in [1.165, 1.54) is 0 Å². The molecule has 0 spiro atoms. The van der Waals surface area contributed by atoms with E-state index < -0.39 is 0 Å². The quantitative estimate of drug-likeness (QED) is 0.600. The Morgan fingerprint density at radius 2 is 2.21 bits per heavy atom. The van der Waals surface area contributed by atoms with Gasteiger partial charge in [-0.05, 0) is 31.0 Å². The molecule has 1 nitrogen and oxygen atoms in total. The van der Waals surface area contributed by atoms with Crippen LogP contribution < -0.4 is 0 Å². The van der Waals surface area contributed by atoms with Crippen molar-refractivity contribution in [2.75, 3.05) is 5.88 Å². The molecule has 0 saturated carbocycles. The van der Waals surface area contributed by atoms with Crippen LogP contribution in [-0.4, -0.2) is 11.7 Å². The van der Waals surface area contributed by atoms with Crippen LogP contribution >= 0.6 is 27.5 Å². The first-order valence-corrected chi connectivity index (χ1v) is 5.83. The summed E-state index contributed by atoms with van der Waals surface area (Å²) in [6.45, 7) is 1.94. The van der Waals surface area contributed by atoms with E-state index in [-0.39, 0.29) is 5.78 Å². The largest absolute Gasteiger partial charge is 0.294 e. The van der Waals surface area contributed by atoms with Crippen LogP contribution in [0.3, 0.4) is 0 Å². The molecule has 0 fully saturated rings. The maximum atomic E-state index is 11.7. The molecule has 0 aliphatic rings. The summed E-state index contributed by atoms with van der Waals surface area (Å²) in [5, 5.41) is 0. The number of carbonyl (C=O) groups excluding carboxylic acids is 1. The summed E-state index contributed by atoms with van der Waals surface area (Å²) in [4.78, 5) is 11.7. The Morgan fingerprint density at radius 3 is 2.79 bits per heavy atom. The van der Waals surface area contributed by atoms with Crippen LogP contribution in [0.1, 0.15) is 28.8 Å². The zero-order chi connectivity index (χ0) is 10.6. The highest BCUT2D eigenvalue weighted by atomic mass is 79.9. The summed E-state index contributed by atoms with van der Waals surface area (Å²) in [6, 6.07) is 5.70. The predicted octanol–water partition coefficient (Wildman–Crippen LogP) is 3.96. The second-order valence-corrected chi connectivity index (χ2v) is 4.47. The minimum atomic E-state index is 0.177. The monoisotopic (exact) mass is 274 g/mol. The number of hydrogen-bond acceptors (Lipinski definition) is 1. The molecule has 1 aromatic carbocycles. The smallest absolute Gasteiger partial charge is 0.163 e. The fourth-order valence-corrected chi connectivity index (χ4v) is 1.91. The standard InChI is InChI=1S/C11H12BrClO/c1-8-7-9(12)4-5-10(8)11(14)3-2-6-13/h4-5,7H,2-3,6H2,1H3. The minimum Gasteiger partial charge on any atom is -0.294 e. The molecule has 3 heteroatoms. The Bertz CT molecular complexity index is 336. The van der Waals surface area contributed by atoms with Crippen molar-refractivity contribution < 1.29 is 4.79 Å². The van der Waals surface area contributed by atoms with Crippen molar-refractivity contribution in [2.24, 2.45) is 0 Å². The van der Waals surface area contributed by atoms with Crippen LogP contribution in [0.2, 0.25) is 0 Å². The van der Waals surface area contributed by atoms with Gasteiger partial charge >= 0.3 is 0 Å². The Kier molecular flexibility index (Phi) is 4.63. The van der Waals surface area contributed by atoms with E-state index in [1.54, 1.807) is 0 Å². The first kappa shape index (κ1) is 11.7. The van der Waals surface area contributed by atoms with E-state index >= 15 is 0 Å². The summed E-state index contributed by atoms with van der Waals surface area (Å²) in [5.41, 5.74) is 1.82. The summed E-state index contributed by atoms with van der Waals surface area (Å²) in [7, 11) is 0. The number of carbonyl (C=O) groups is 1. The predicted molar refractivity (Wildman–Crippen MR) is 63.2 cm³/mol. The normalized spacial score (nSPS) is 10.2. The lowest BCUT2D eigenvalue weighted by molar-refractivity contribution is 0.0981. The molecule has 1 rings (SSSR count). The molecule has 14 heavy (non-hydrogen) atoms. The molecular weight excluding hydrogens is 263 g/mol. The maximum absolute atomic E-state index is 11.7. The van der Waals surface area contributed by atoms with Crippen molar-refractivity contribution in [3.63, 3.8) is 0 Å². The highest BCUT2D eigenvalue weighted by Gasteiger charge is 2.08. The van der Waals surface area contributed by atoms with Crippen molar-refractivity contribution in [2.45, 2.75) is 19.8 Å². The lowest BCUT2D eigenvalue weighted by Gasteiger charge is -2.04. The van der Waals surface area contributed by atoms with Crippen LogP contribution in [0.4, 0.5) is 0 Å². The zero-order valence-corrected chi connectivity index (χ0v) is 10.4.